The second-order valence-corrected chi connectivity index (χ2v) is 9.87. The van der Waals surface area contributed by atoms with Crippen LogP contribution in [0.3, 0.4) is 0 Å². The molecule has 0 aliphatic heterocycles. The van der Waals surface area contributed by atoms with Gasteiger partial charge in [0.15, 0.2) is 11.4 Å². The number of esters is 1. The molecular formula is C26H28N2O10. The summed E-state index contributed by atoms with van der Waals surface area (Å²) in [6.07, 6.45) is 0.601. The van der Waals surface area contributed by atoms with Crippen LogP contribution in [0.15, 0.2) is 35.1 Å². The Kier molecular flexibility index (Phi) is 6.46. The number of nitrogens with two attached hydrogens (primary N) is 1. The predicted molar refractivity (Wildman–Crippen MR) is 131 cm³/mol. The van der Waals surface area contributed by atoms with Gasteiger partial charge in [0.05, 0.1) is 30.7 Å². The number of Topliss-reactive ketones (excluding diaryl/α,β-unsaturated/α-hetero) is 2. The van der Waals surface area contributed by atoms with E-state index >= 15 is 0 Å². The van der Waals surface area contributed by atoms with E-state index in [1.165, 1.54) is 38.2 Å². The molecule has 0 radical (unpaired) electrons. The Bertz CT molecular complexity index is 1370. The maximum Gasteiger partial charge on any atom is 0.330 e. The molecule has 7 N–H and O–H groups in total. The molecular weight excluding hydrogens is 500 g/mol. The number of carbonyl (C=O) groups is 4. The molecule has 1 saturated carbocycles. The van der Waals surface area contributed by atoms with E-state index in [1.807, 2.05) is 0 Å². The highest BCUT2D eigenvalue weighted by molar-refractivity contribution is 6.24. The third kappa shape index (κ3) is 3.48. The molecule has 202 valence electrons. The monoisotopic (exact) mass is 528 g/mol. The maximum atomic E-state index is 13.9. The van der Waals surface area contributed by atoms with E-state index in [9.17, 15) is 44.7 Å². The number of primary amides is 1. The zero-order chi connectivity index (χ0) is 28.4. The summed E-state index contributed by atoms with van der Waals surface area (Å²) < 4.78 is 4.53. The Morgan fingerprint density at radius 3 is 2.34 bits per heavy atom. The van der Waals surface area contributed by atoms with Crippen molar-refractivity contribution < 1.29 is 49.4 Å². The van der Waals surface area contributed by atoms with Crippen LogP contribution in [0.1, 0.15) is 29.5 Å². The van der Waals surface area contributed by atoms with Crippen LogP contribution < -0.4 is 5.73 Å². The maximum absolute atomic E-state index is 13.9. The highest BCUT2D eigenvalue weighted by Crippen LogP contribution is 2.56. The van der Waals surface area contributed by atoms with E-state index in [2.05, 4.69) is 4.74 Å². The second kappa shape index (κ2) is 9.08. The van der Waals surface area contributed by atoms with E-state index in [-0.39, 0.29) is 11.1 Å². The fourth-order valence-electron chi connectivity index (χ4n) is 5.99. The predicted octanol–water partition coefficient (Wildman–Crippen LogP) is -0.318. The number of aromatic hydroxyl groups is 1. The number of nitrogens with zero attached hydrogens (tertiary/aromatic N) is 1. The van der Waals surface area contributed by atoms with Gasteiger partial charge in [-0.1, -0.05) is 19.1 Å². The molecule has 0 heterocycles. The number of phenolic OH excluding ortho intramolecular Hbond substituents is 1. The van der Waals surface area contributed by atoms with Gasteiger partial charge in [-0.15, -0.1) is 0 Å². The number of hydrogen-bond donors (Lipinski definition) is 6. The zero-order valence-corrected chi connectivity index (χ0v) is 21.0. The first-order valence-electron chi connectivity index (χ1n) is 11.7. The lowest BCUT2D eigenvalue weighted by atomic mass is 9.54. The summed E-state index contributed by atoms with van der Waals surface area (Å²) in [5, 5.41) is 56.4. The van der Waals surface area contributed by atoms with Crippen molar-refractivity contribution in [1.82, 2.24) is 4.90 Å². The Balaban J connectivity index is 2.00. The van der Waals surface area contributed by atoms with Crippen molar-refractivity contribution in [2.45, 2.75) is 30.6 Å². The van der Waals surface area contributed by atoms with Crippen LogP contribution in [0.5, 0.6) is 5.75 Å². The van der Waals surface area contributed by atoms with Crippen LogP contribution in [0.25, 0.3) is 11.8 Å². The summed E-state index contributed by atoms with van der Waals surface area (Å²) in [6.45, 7) is 1.63. The minimum absolute atomic E-state index is 0.0991. The minimum atomic E-state index is -2.98. The van der Waals surface area contributed by atoms with Gasteiger partial charge >= 0.3 is 5.97 Å². The summed E-state index contributed by atoms with van der Waals surface area (Å²) in [6, 6.07) is 1.59. The Morgan fingerprint density at radius 2 is 1.79 bits per heavy atom. The average molecular weight is 529 g/mol. The van der Waals surface area contributed by atoms with Gasteiger partial charge < -0.3 is 36.0 Å². The Morgan fingerprint density at radius 1 is 1.16 bits per heavy atom. The lowest BCUT2D eigenvalue weighted by Crippen LogP contribution is -2.70. The first-order chi connectivity index (χ1) is 17.7. The van der Waals surface area contributed by atoms with Crippen LogP contribution in [-0.2, 0) is 23.9 Å². The third-order valence-electron chi connectivity index (χ3n) is 7.76. The molecule has 0 spiro atoms. The number of ketones is 2. The summed E-state index contributed by atoms with van der Waals surface area (Å²) in [5.74, 6) is -10.4. The fourth-order valence-corrected chi connectivity index (χ4v) is 5.99. The molecule has 3 aliphatic carbocycles. The fraction of sp³-hybridized carbons (Fsp3) is 0.385. The number of aliphatic hydroxyl groups excluding tert-OH is 3. The molecule has 1 aromatic carbocycles. The average Bonchev–Trinajstić information content (AvgIpc) is 2.84. The summed E-state index contributed by atoms with van der Waals surface area (Å²) in [4.78, 5) is 51.9. The van der Waals surface area contributed by atoms with Crippen molar-refractivity contribution in [2.24, 2.45) is 17.6 Å². The van der Waals surface area contributed by atoms with E-state index in [1.54, 1.807) is 13.0 Å². The smallest absolute Gasteiger partial charge is 0.330 e. The molecule has 0 aromatic heterocycles. The molecule has 1 unspecified atom stereocenters. The van der Waals surface area contributed by atoms with Crippen LogP contribution in [-0.4, -0.2) is 92.8 Å². The van der Waals surface area contributed by atoms with Gasteiger partial charge in [-0.05, 0) is 31.7 Å². The molecule has 4 rings (SSSR count). The standard InChI is InChI=1S/C26H28N2O10/c1-9-11-7-5-10(6-8-12(29)38-4)19(30)14(11)20(31)15-13(9)21(32)17-18(28(2)3)22(33)16(25(27)36)24(35)26(17,37)23(15)34/h5-9,13,17-18,21,30-32,35,37H,1-4H3,(H2,27,36)/b8-6+/t9-,13+,17+,18?,21-,26-/m0/s1. The highest BCUT2D eigenvalue weighted by Gasteiger charge is 2.68. The van der Waals surface area contributed by atoms with Crippen molar-refractivity contribution in [2.75, 3.05) is 21.2 Å². The number of carbonyl (C=O) groups excluding carboxylic acids is 4. The lowest BCUT2D eigenvalue weighted by Gasteiger charge is -2.53. The van der Waals surface area contributed by atoms with Crippen LogP contribution >= 0.6 is 0 Å². The van der Waals surface area contributed by atoms with Gasteiger partial charge in [-0.3, -0.25) is 19.3 Å². The number of benzene rings is 1. The molecule has 0 saturated heterocycles. The Labute approximate surface area is 216 Å². The number of hydrogen-bond acceptors (Lipinski definition) is 11. The SMILES string of the molecule is COC(=O)/C=C/c1ccc2c(c1O)C(O)=C1C(=O)[C@]3(O)C(O)=C(C(N)=O)C(=O)C(N(C)C)[C@@H]3[C@@H](O)[C@@H]1[C@H]2C. The van der Waals surface area contributed by atoms with Crippen LogP contribution in [0, 0.1) is 11.8 Å². The number of likely N-dealkylation sites (N-methyl/N-ethyl adjacent to an activating group) is 1. The van der Waals surface area contributed by atoms with Crippen molar-refractivity contribution >= 4 is 35.3 Å². The molecule has 12 heteroatoms. The zero-order valence-electron chi connectivity index (χ0n) is 21.0. The number of phenols is 1. The molecule has 0 bridgehead atoms. The molecule has 1 amide bonds. The van der Waals surface area contributed by atoms with Crippen LogP contribution in [0.4, 0.5) is 0 Å². The quantitative estimate of drug-likeness (QED) is 0.170. The first kappa shape index (κ1) is 27.0. The summed E-state index contributed by atoms with van der Waals surface area (Å²) in [5.41, 5.74) is 1.11. The number of amides is 1. The molecule has 1 fully saturated rings. The van der Waals surface area contributed by atoms with Crippen molar-refractivity contribution in [3.05, 3.63) is 51.8 Å². The normalized spacial score (nSPS) is 30.9. The third-order valence-corrected chi connectivity index (χ3v) is 7.76. The lowest BCUT2D eigenvalue weighted by molar-refractivity contribution is -0.169. The molecule has 38 heavy (non-hydrogen) atoms. The largest absolute Gasteiger partial charge is 0.508 e. The van der Waals surface area contributed by atoms with Crippen molar-refractivity contribution in [1.29, 1.82) is 0 Å². The van der Waals surface area contributed by atoms with Gasteiger partial charge in [0.1, 0.15) is 22.8 Å². The molecule has 1 aromatic rings. The topological polar surface area (TPSA) is 208 Å². The number of methoxy groups -OCH3 is 1. The summed E-state index contributed by atoms with van der Waals surface area (Å²) >= 11 is 0. The first-order valence-corrected chi connectivity index (χ1v) is 11.7. The second-order valence-electron chi connectivity index (χ2n) is 9.87. The van der Waals surface area contributed by atoms with Gasteiger partial charge in [0.25, 0.3) is 5.91 Å². The minimum Gasteiger partial charge on any atom is -0.508 e. The van der Waals surface area contributed by atoms with E-state index < -0.39 is 87.4 Å². The van der Waals surface area contributed by atoms with E-state index in [0.717, 1.165) is 6.08 Å². The van der Waals surface area contributed by atoms with Crippen molar-refractivity contribution in [3.8, 4) is 5.75 Å². The number of aliphatic hydroxyl groups is 4. The molecule has 6 atom stereocenters. The van der Waals surface area contributed by atoms with Gasteiger partial charge in [-0.2, -0.15) is 0 Å². The van der Waals surface area contributed by atoms with Gasteiger partial charge in [0, 0.05) is 23.1 Å². The van der Waals surface area contributed by atoms with E-state index in [4.69, 9.17) is 5.73 Å². The summed E-state index contributed by atoms with van der Waals surface area (Å²) in [7, 11) is 4.04. The Hall–Kier alpha value is -4.00. The number of rotatable bonds is 4. The molecule has 12 nitrogen and oxygen atoms in total. The van der Waals surface area contributed by atoms with Crippen molar-refractivity contribution in [3.63, 3.8) is 0 Å². The van der Waals surface area contributed by atoms with Gasteiger partial charge in [-0.25, -0.2) is 4.79 Å². The van der Waals surface area contributed by atoms with Crippen LogP contribution in [0.2, 0.25) is 0 Å². The number of ether oxygens (including phenoxy) is 1. The molecule has 3 aliphatic rings. The van der Waals surface area contributed by atoms with E-state index in [0.29, 0.717) is 5.56 Å². The highest BCUT2D eigenvalue weighted by atomic mass is 16.5. The number of fused-ring (bicyclic) bond motifs is 3. The van der Waals surface area contributed by atoms with Gasteiger partial charge in [0.2, 0.25) is 5.78 Å².